The molecule has 11 heteroatoms. The fourth-order valence-corrected chi connectivity index (χ4v) is 4.93. The number of halogens is 4. The third kappa shape index (κ3) is 7.84. The topological polar surface area (TPSA) is 63.3 Å². The maximum absolute atomic E-state index is 12.9. The molecule has 218 valence electrons. The van der Waals surface area contributed by atoms with E-state index in [0.29, 0.717) is 56.3 Å². The fourth-order valence-electron chi connectivity index (χ4n) is 4.81. The molecule has 0 saturated carbocycles. The second-order valence-electron chi connectivity index (χ2n) is 10.0. The van der Waals surface area contributed by atoms with Gasteiger partial charge in [0, 0.05) is 44.3 Å². The Morgan fingerprint density at radius 3 is 2.32 bits per heavy atom. The minimum absolute atomic E-state index is 0.0989. The first-order valence-corrected chi connectivity index (χ1v) is 13.8. The number of hydrogen-bond donors (Lipinski definition) is 1. The van der Waals surface area contributed by atoms with Gasteiger partial charge in [0.1, 0.15) is 0 Å². The zero-order valence-corrected chi connectivity index (χ0v) is 23.1. The van der Waals surface area contributed by atoms with Gasteiger partial charge in [-0.05, 0) is 59.5 Å². The molecule has 7 nitrogen and oxygen atoms in total. The summed E-state index contributed by atoms with van der Waals surface area (Å²) in [4.78, 5) is 16.8. The molecule has 41 heavy (non-hydrogen) atoms. The summed E-state index contributed by atoms with van der Waals surface area (Å²) in [7, 11) is 0. The van der Waals surface area contributed by atoms with Crippen LogP contribution in [0.3, 0.4) is 0 Å². The van der Waals surface area contributed by atoms with Gasteiger partial charge in [-0.3, -0.25) is 4.90 Å². The van der Waals surface area contributed by atoms with Crippen molar-refractivity contribution >= 4 is 17.6 Å². The molecule has 0 spiro atoms. The minimum atomic E-state index is -4.38. The van der Waals surface area contributed by atoms with Crippen LogP contribution in [0.4, 0.5) is 18.0 Å². The predicted octanol–water partition coefficient (Wildman–Crippen LogP) is 5.92. The molecule has 1 N–H and O–H groups in total. The minimum Gasteiger partial charge on any atom is -0.454 e. The van der Waals surface area contributed by atoms with E-state index in [2.05, 4.69) is 10.2 Å². The number of alkyl halides is 3. The highest BCUT2D eigenvalue weighted by atomic mass is 35.5. The van der Waals surface area contributed by atoms with Gasteiger partial charge in [0.15, 0.2) is 11.5 Å². The van der Waals surface area contributed by atoms with Crippen molar-refractivity contribution in [1.29, 1.82) is 0 Å². The Balaban J connectivity index is 1.11. The maximum Gasteiger partial charge on any atom is 0.416 e. The number of nitrogens with one attached hydrogen (secondary N) is 1. The average molecular weight is 590 g/mol. The molecule has 3 aromatic carbocycles. The molecule has 5 rings (SSSR count). The summed E-state index contributed by atoms with van der Waals surface area (Å²) in [5.74, 6) is 1.46. The van der Waals surface area contributed by atoms with E-state index >= 15 is 0 Å². The number of urea groups is 1. The number of rotatable bonds is 9. The summed E-state index contributed by atoms with van der Waals surface area (Å²) in [6.07, 6.45) is -4.02. The molecule has 0 bridgehead atoms. The number of ether oxygens (including phenoxy) is 3. The van der Waals surface area contributed by atoms with Gasteiger partial charge < -0.3 is 24.4 Å². The second-order valence-corrected chi connectivity index (χ2v) is 10.4. The number of hydrogen-bond acceptors (Lipinski definition) is 5. The molecule has 2 amide bonds. The molecule has 2 aliphatic rings. The van der Waals surface area contributed by atoms with E-state index in [0.717, 1.165) is 34.8 Å². The van der Waals surface area contributed by atoms with Crippen LogP contribution >= 0.6 is 11.6 Å². The molecular weight excluding hydrogens is 559 g/mol. The number of nitrogens with zero attached hydrogens (tertiary/aromatic N) is 2. The Kier molecular flexibility index (Phi) is 9.22. The summed E-state index contributed by atoms with van der Waals surface area (Å²) in [6, 6.07) is 18.0. The van der Waals surface area contributed by atoms with Crippen molar-refractivity contribution in [3.63, 3.8) is 0 Å². The van der Waals surface area contributed by atoms with Gasteiger partial charge in [0.2, 0.25) is 6.79 Å². The highest BCUT2D eigenvalue weighted by molar-refractivity contribution is 6.30. The molecule has 0 radical (unpaired) electrons. The zero-order valence-electron chi connectivity index (χ0n) is 22.3. The van der Waals surface area contributed by atoms with Crippen molar-refractivity contribution in [2.45, 2.75) is 25.3 Å². The van der Waals surface area contributed by atoms with E-state index in [1.54, 1.807) is 17.0 Å². The molecule has 2 heterocycles. The lowest BCUT2D eigenvalue weighted by atomic mass is 10.1. The fraction of sp³-hybridized carbons (Fsp3) is 0.367. The highest BCUT2D eigenvalue weighted by Gasteiger charge is 2.30. The van der Waals surface area contributed by atoms with E-state index in [1.165, 1.54) is 12.1 Å². The van der Waals surface area contributed by atoms with Crippen molar-refractivity contribution in [2.75, 3.05) is 46.1 Å². The molecule has 1 saturated heterocycles. The van der Waals surface area contributed by atoms with Crippen LogP contribution in [0.1, 0.15) is 28.4 Å². The van der Waals surface area contributed by atoms with E-state index in [1.807, 2.05) is 30.3 Å². The number of carbonyl (C=O) groups excluding carboxylic acids is 1. The van der Waals surface area contributed by atoms with Crippen molar-refractivity contribution in [1.82, 2.24) is 15.1 Å². The molecule has 3 aromatic rings. The zero-order chi connectivity index (χ0) is 28.8. The van der Waals surface area contributed by atoms with Crippen LogP contribution in [0, 0.1) is 0 Å². The van der Waals surface area contributed by atoms with Crippen molar-refractivity contribution < 1.29 is 32.2 Å². The van der Waals surface area contributed by atoms with Gasteiger partial charge >= 0.3 is 12.2 Å². The number of fused-ring (bicyclic) bond motifs is 1. The molecule has 0 unspecified atom stereocenters. The molecule has 1 fully saturated rings. The number of carbonyl (C=O) groups is 1. The standard InChI is InChI=1S/C30H31ClF3N3O4/c31-25-8-4-23(5-9-25)28(39-19-22-1-6-24(7-2-22)30(32,33)34)18-36-13-15-37(16-14-36)29(38)35-12-11-21-3-10-26-27(17-21)41-20-40-26/h1-10,17,28H,11-16,18-20H2,(H,35,38)/t28-/m1/s1. The lowest BCUT2D eigenvalue weighted by molar-refractivity contribution is -0.137. The smallest absolute Gasteiger partial charge is 0.416 e. The Bertz CT molecular complexity index is 1310. The average Bonchev–Trinajstić information content (AvgIpc) is 3.44. The molecule has 1 atom stereocenters. The maximum atomic E-state index is 12.9. The Hall–Kier alpha value is -3.47. The predicted molar refractivity (Wildman–Crippen MR) is 148 cm³/mol. The van der Waals surface area contributed by atoms with Gasteiger partial charge in [0.05, 0.1) is 18.3 Å². The molecule has 0 aromatic heterocycles. The van der Waals surface area contributed by atoms with E-state index in [4.69, 9.17) is 25.8 Å². The van der Waals surface area contributed by atoms with Crippen LogP contribution in [0.5, 0.6) is 11.5 Å². The van der Waals surface area contributed by atoms with Crippen LogP contribution in [-0.4, -0.2) is 61.9 Å². The second kappa shape index (κ2) is 13.0. The van der Waals surface area contributed by atoms with E-state index < -0.39 is 11.7 Å². The molecule has 2 aliphatic heterocycles. The first-order valence-electron chi connectivity index (χ1n) is 13.4. The molecular formula is C30H31ClF3N3O4. The SMILES string of the molecule is O=C(NCCc1ccc2c(c1)OCO2)N1CCN(C[C@@H](OCc2ccc(C(F)(F)F)cc2)c2ccc(Cl)cc2)CC1. The largest absolute Gasteiger partial charge is 0.454 e. The lowest BCUT2D eigenvalue weighted by Crippen LogP contribution is -2.52. The number of amides is 2. The van der Waals surface area contributed by atoms with Crippen molar-refractivity contribution in [2.24, 2.45) is 0 Å². The summed E-state index contributed by atoms with van der Waals surface area (Å²) in [6.45, 7) is 3.96. The van der Waals surface area contributed by atoms with Gasteiger partial charge in [0.25, 0.3) is 0 Å². The van der Waals surface area contributed by atoms with Crippen LogP contribution in [0.15, 0.2) is 66.7 Å². The van der Waals surface area contributed by atoms with Crippen molar-refractivity contribution in [3.8, 4) is 11.5 Å². The number of benzene rings is 3. The van der Waals surface area contributed by atoms with Gasteiger partial charge in [-0.15, -0.1) is 0 Å². The first kappa shape index (κ1) is 29.0. The summed E-state index contributed by atoms with van der Waals surface area (Å²) in [5, 5.41) is 3.60. The first-order chi connectivity index (χ1) is 19.7. The van der Waals surface area contributed by atoms with Crippen LogP contribution < -0.4 is 14.8 Å². The summed E-state index contributed by atoms with van der Waals surface area (Å²) in [5.41, 5.74) is 1.94. The van der Waals surface area contributed by atoms with Gasteiger partial charge in [-0.2, -0.15) is 13.2 Å². The third-order valence-corrected chi connectivity index (χ3v) is 7.44. The van der Waals surface area contributed by atoms with Crippen LogP contribution in [-0.2, 0) is 23.9 Å². The van der Waals surface area contributed by atoms with Gasteiger partial charge in [-0.25, -0.2) is 4.79 Å². The Morgan fingerprint density at radius 1 is 0.927 bits per heavy atom. The Labute approximate surface area is 241 Å². The van der Waals surface area contributed by atoms with Crippen molar-refractivity contribution in [3.05, 3.63) is 94.0 Å². The van der Waals surface area contributed by atoms with Crippen LogP contribution in [0.25, 0.3) is 0 Å². The molecule has 0 aliphatic carbocycles. The van der Waals surface area contributed by atoms with E-state index in [9.17, 15) is 18.0 Å². The Morgan fingerprint density at radius 2 is 1.61 bits per heavy atom. The highest BCUT2D eigenvalue weighted by Crippen LogP contribution is 2.33. The number of piperazine rings is 1. The van der Waals surface area contributed by atoms with Gasteiger partial charge in [-0.1, -0.05) is 41.9 Å². The summed E-state index contributed by atoms with van der Waals surface area (Å²) < 4.78 is 55.7. The normalized spacial score (nSPS) is 16.0. The summed E-state index contributed by atoms with van der Waals surface area (Å²) >= 11 is 6.07. The monoisotopic (exact) mass is 589 g/mol. The van der Waals surface area contributed by atoms with E-state index in [-0.39, 0.29) is 25.5 Å². The quantitative estimate of drug-likeness (QED) is 0.336. The third-order valence-electron chi connectivity index (χ3n) is 7.18. The van der Waals surface area contributed by atoms with Crippen LogP contribution in [0.2, 0.25) is 5.02 Å². The lowest BCUT2D eigenvalue weighted by Gasteiger charge is -2.36.